The number of rotatable bonds is 8. The minimum Gasteiger partial charge on any atom is -0.493 e. The first-order valence-electron chi connectivity index (χ1n) is 11.2. The third-order valence-corrected chi connectivity index (χ3v) is 6.00. The van der Waals surface area contributed by atoms with Crippen LogP contribution in [0.3, 0.4) is 0 Å². The number of amides is 1. The van der Waals surface area contributed by atoms with Crippen molar-refractivity contribution in [2.45, 2.75) is 51.2 Å². The van der Waals surface area contributed by atoms with Crippen LogP contribution in [0.15, 0.2) is 47.0 Å². The summed E-state index contributed by atoms with van der Waals surface area (Å²) in [6.07, 6.45) is 3.75. The number of aromatic nitrogens is 2. The molecule has 8 heteroatoms. The van der Waals surface area contributed by atoms with Gasteiger partial charge in [-0.2, -0.15) is 4.98 Å². The van der Waals surface area contributed by atoms with Crippen molar-refractivity contribution >= 4 is 5.91 Å². The summed E-state index contributed by atoms with van der Waals surface area (Å²) in [5, 5.41) is 16.4. The van der Waals surface area contributed by atoms with Gasteiger partial charge in [-0.05, 0) is 36.1 Å². The molecule has 0 aliphatic heterocycles. The number of carbonyl (C=O) groups excluding carboxylic acids is 1. The van der Waals surface area contributed by atoms with E-state index in [-0.39, 0.29) is 17.9 Å². The zero-order valence-corrected chi connectivity index (χ0v) is 18.9. The number of benzene rings is 2. The quantitative estimate of drug-likeness (QED) is 0.537. The van der Waals surface area contributed by atoms with Gasteiger partial charge in [-0.25, -0.2) is 0 Å². The van der Waals surface area contributed by atoms with Crippen LogP contribution in [0.25, 0.3) is 11.4 Å². The molecule has 8 nitrogen and oxygen atoms in total. The van der Waals surface area contributed by atoms with Gasteiger partial charge in [0.2, 0.25) is 17.6 Å². The third-order valence-electron chi connectivity index (χ3n) is 6.00. The average molecular weight is 452 g/mol. The monoisotopic (exact) mass is 451 g/mol. The van der Waals surface area contributed by atoms with Crippen LogP contribution in [-0.2, 0) is 11.4 Å². The second kappa shape index (κ2) is 10.5. The topological polar surface area (TPSA) is 107 Å². The second-order valence-electron chi connectivity index (χ2n) is 8.22. The number of aliphatic hydroxyl groups is 1. The first-order valence-corrected chi connectivity index (χ1v) is 11.2. The summed E-state index contributed by atoms with van der Waals surface area (Å²) in [5.41, 5.74) is 2.79. The lowest BCUT2D eigenvalue weighted by Gasteiger charge is -2.33. The maximum Gasteiger partial charge on any atom is 0.245 e. The van der Waals surface area contributed by atoms with Gasteiger partial charge in [0.25, 0.3) is 0 Å². The molecule has 3 aromatic rings. The van der Waals surface area contributed by atoms with E-state index in [0.717, 1.165) is 42.4 Å². The number of nitrogens with one attached hydrogen (secondary N) is 1. The predicted octanol–water partition coefficient (Wildman–Crippen LogP) is 3.77. The fraction of sp³-hybridized carbons (Fsp3) is 0.400. The summed E-state index contributed by atoms with van der Waals surface area (Å²) in [7, 11) is 1.60. The number of nitrogens with zero attached hydrogens (tertiary/aromatic N) is 2. The molecule has 0 bridgehead atoms. The van der Waals surface area contributed by atoms with Crippen LogP contribution in [0, 0.1) is 6.92 Å². The number of carbonyl (C=O) groups is 1. The second-order valence-corrected chi connectivity index (χ2v) is 8.22. The van der Waals surface area contributed by atoms with Gasteiger partial charge in [-0.3, -0.25) is 4.79 Å². The molecule has 174 valence electrons. The molecule has 2 N–H and O–H groups in total. The number of aryl methyl sites for hydroxylation is 1. The Morgan fingerprint density at radius 3 is 2.67 bits per heavy atom. The van der Waals surface area contributed by atoms with E-state index in [0.29, 0.717) is 29.8 Å². The van der Waals surface area contributed by atoms with Crippen LogP contribution >= 0.6 is 0 Å². The van der Waals surface area contributed by atoms with Gasteiger partial charge >= 0.3 is 0 Å². The Kier molecular flexibility index (Phi) is 7.24. The summed E-state index contributed by atoms with van der Waals surface area (Å²) >= 11 is 0. The Balaban J connectivity index is 1.75. The fourth-order valence-electron chi connectivity index (χ4n) is 4.42. The SMILES string of the molecule is COc1cc(-c2noc(C)n2)c(C2CCCCC2NC(=O)CO)cc1OCc1ccccc1. The minimum atomic E-state index is -0.534. The van der Waals surface area contributed by atoms with E-state index in [1.54, 1.807) is 14.0 Å². The molecule has 1 aliphatic carbocycles. The lowest BCUT2D eigenvalue weighted by molar-refractivity contribution is -0.124. The fourth-order valence-corrected chi connectivity index (χ4v) is 4.42. The van der Waals surface area contributed by atoms with Gasteiger partial charge in [0.1, 0.15) is 13.2 Å². The minimum absolute atomic E-state index is 0.00744. The average Bonchev–Trinajstić information content (AvgIpc) is 3.29. The highest BCUT2D eigenvalue weighted by atomic mass is 16.5. The van der Waals surface area contributed by atoms with Crippen LogP contribution in [-0.4, -0.2) is 40.9 Å². The molecule has 0 spiro atoms. The molecule has 33 heavy (non-hydrogen) atoms. The lowest BCUT2D eigenvalue weighted by atomic mass is 9.78. The molecule has 1 saturated carbocycles. The Morgan fingerprint density at radius 2 is 1.97 bits per heavy atom. The molecule has 1 fully saturated rings. The number of aliphatic hydroxyl groups excluding tert-OH is 1. The van der Waals surface area contributed by atoms with E-state index in [1.807, 2.05) is 42.5 Å². The summed E-state index contributed by atoms with van der Waals surface area (Å²) in [4.78, 5) is 16.4. The van der Waals surface area contributed by atoms with Crippen LogP contribution < -0.4 is 14.8 Å². The highest BCUT2D eigenvalue weighted by Gasteiger charge is 2.31. The highest BCUT2D eigenvalue weighted by molar-refractivity contribution is 5.77. The molecule has 4 rings (SSSR count). The molecule has 0 saturated heterocycles. The van der Waals surface area contributed by atoms with Crippen molar-refractivity contribution < 1.29 is 23.9 Å². The predicted molar refractivity (Wildman–Crippen MR) is 122 cm³/mol. The van der Waals surface area contributed by atoms with Gasteiger partial charge in [0, 0.05) is 24.4 Å². The van der Waals surface area contributed by atoms with Crippen LogP contribution in [0.5, 0.6) is 11.5 Å². The largest absolute Gasteiger partial charge is 0.493 e. The van der Waals surface area contributed by atoms with Gasteiger partial charge < -0.3 is 24.4 Å². The summed E-state index contributed by atoms with van der Waals surface area (Å²) in [6.45, 7) is 1.61. The molecule has 1 heterocycles. The van der Waals surface area contributed by atoms with Gasteiger partial charge in [-0.1, -0.05) is 48.3 Å². The first kappa shape index (κ1) is 22.8. The number of methoxy groups -OCH3 is 1. The first-order chi connectivity index (χ1) is 16.1. The van der Waals surface area contributed by atoms with Crippen molar-refractivity contribution in [2.75, 3.05) is 13.7 Å². The standard InChI is InChI=1S/C25H29N3O5/c1-16-26-25(28-33-16)20-13-22(31-2)23(32-15-17-8-4-3-5-9-17)12-19(20)18-10-6-7-11-21(18)27-24(30)14-29/h3-5,8-9,12-13,18,21,29H,6-7,10-11,14-15H2,1-2H3,(H,27,30). The van der Waals surface area contributed by atoms with E-state index in [1.165, 1.54) is 0 Å². The van der Waals surface area contributed by atoms with Gasteiger partial charge in [0.15, 0.2) is 11.5 Å². The molecule has 0 radical (unpaired) electrons. The maximum atomic E-state index is 12.0. The van der Waals surface area contributed by atoms with Gasteiger partial charge in [0.05, 0.1) is 7.11 Å². The summed E-state index contributed by atoms with van der Waals surface area (Å²) in [6, 6.07) is 13.7. The van der Waals surface area contributed by atoms with Crippen molar-refractivity contribution in [3.8, 4) is 22.9 Å². The Labute approximate surface area is 192 Å². The Bertz CT molecular complexity index is 1080. The molecule has 2 atom stereocenters. The van der Waals surface area contributed by atoms with E-state index in [4.69, 9.17) is 14.0 Å². The number of ether oxygens (including phenoxy) is 2. The van der Waals surface area contributed by atoms with E-state index in [2.05, 4.69) is 15.5 Å². The molecule has 1 aromatic heterocycles. The molecule has 2 unspecified atom stereocenters. The lowest BCUT2D eigenvalue weighted by Crippen LogP contribution is -2.42. The number of hydrogen-bond acceptors (Lipinski definition) is 7. The van der Waals surface area contributed by atoms with Crippen LogP contribution in [0.2, 0.25) is 0 Å². The Hall–Kier alpha value is -3.39. The van der Waals surface area contributed by atoms with E-state index < -0.39 is 6.61 Å². The van der Waals surface area contributed by atoms with Crippen LogP contribution in [0.1, 0.15) is 48.6 Å². The van der Waals surface area contributed by atoms with Crippen molar-refractivity contribution in [1.29, 1.82) is 0 Å². The van der Waals surface area contributed by atoms with E-state index in [9.17, 15) is 9.90 Å². The van der Waals surface area contributed by atoms with Crippen molar-refractivity contribution in [3.63, 3.8) is 0 Å². The molecular weight excluding hydrogens is 422 g/mol. The van der Waals surface area contributed by atoms with Crippen molar-refractivity contribution in [1.82, 2.24) is 15.5 Å². The molecule has 2 aromatic carbocycles. The zero-order chi connectivity index (χ0) is 23.2. The number of hydrogen-bond donors (Lipinski definition) is 2. The maximum absolute atomic E-state index is 12.0. The smallest absolute Gasteiger partial charge is 0.245 e. The summed E-state index contributed by atoms with van der Waals surface area (Å²) < 4.78 is 17.0. The van der Waals surface area contributed by atoms with E-state index >= 15 is 0 Å². The normalized spacial score (nSPS) is 18.0. The van der Waals surface area contributed by atoms with Gasteiger partial charge in [-0.15, -0.1) is 0 Å². The molecule has 1 aliphatic rings. The molecular formula is C25H29N3O5. The highest BCUT2D eigenvalue weighted by Crippen LogP contribution is 2.43. The van der Waals surface area contributed by atoms with Crippen LogP contribution in [0.4, 0.5) is 0 Å². The molecule has 1 amide bonds. The van der Waals surface area contributed by atoms with Crippen molar-refractivity contribution in [2.24, 2.45) is 0 Å². The zero-order valence-electron chi connectivity index (χ0n) is 18.9. The Morgan fingerprint density at radius 1 is 1.18 bits per heavy atom. The van der Waals surface area contributed by atoms with Crippen molar-refractivity contribution in [3.05, 3.63) is 59.5 Å². The third kappa shape index (κ3) is 5.34. The summed E-state index contributed by atoms with van der Waals surface area (Å²) in [5.74, 6) is 1.74.